The minimum atomic E-state index is -0.823. The quantitative estimate of drug-likeness (QED) is 0.497. The molecule has 0 spiro atoms. The number of hydrogen-bond donors (Lipinski definition) is 3. The molecule has 1 aliphatic heterocycles. The van der Waals surface area contributed by atoms with Crippen LogP contribution in [0.3, 0.4) is 0 Å². The van der Waals surface area contributed by atoms with Gasteiger partial charge in [0.2, 0.25) is 0 Å². The summed E-state index contributed by atoms with van der Waals surface area (Å²) in [5.74, 6) is 0.314. The number of thiazole rings is 1. The lowest BCUT2D eigenvalue weighted by Crippen LogP contribution is -2.17. The van der Waals surface area contributed by atoms with Gasteiger partial charge in [-0.3, -0.25) is 4.90 Å². The van der Waals surface area contributed by atoms with Gasteiger partial charge in [0, 0.05) is 18.0 Å². The largest absolute Gasteiger partial charge is 0.463 e. The van der Waals surface area contributed by atoms with Gasteiger partial charge in [0.05, 0.1) is 18.0 Å². The van der Waals surface area contributed by atoms with Crippen molar-refractivity contribution < 1.29 is 9.84 Å². The highest BCUT2D eigenvalue weighted by Crippen LogP contribution is 2.33. The van der Waals surface area contributed by atoms with E-state index >= 15 is 0 Å². The molecule has 28 heavy (non-hydrogen) atoms. The summed E-state index contributed by atoms with van der Waals surface area (Å²) in [5, 5.41) is 12.0. The molecule has 3 aromatic rings. The summed E-state index contributed by atoms with van der Waals surface area (Å²) in [4.78, 5) is 19.4. The van der Waals surface area contributed by atoms with Crippen LogP contribution in [-0.2, 0) is 6.54 Å². The zero-order valence-electron chi connectivity index (χ0n) is 16.0. The number of aromatic amines is 1. The molecule has 4 N–H and O–H groups in total. The van der Waals surface area contributed by atoms with E-state index < -0.39 is 6.10 Å². The summed E-state index contributed by atoms with van der Waals surface area (Å²) >= 11 is 1.54. The molecule has 4 rings (SSSR count). The number of aromatic nitrogens is 4. The lowest BCUT2D eigenvalue weighted by atomic mass is 10.1. The average Bonchev–Trinajstić information content (AvgIpc) is 3.42. The van der Waals surface area contributed by atoms with E-state index in [-0.39, 0.29) is 6.01 Å². The van der Waals surface area contributed by atoms with Crippen molar-refractivity contribution in [1.82, 2.24) is 24.8 Å². The molecule has 0 saturated carbocycles. The summed E-state index contributed by atoms with van der Waals surface area (Å²) in [5.41, 5.74) is 7.90. The summed E-state index contributed by atoms with van der Waals surface area (Å²) in [6.07, 6.45) is 7.11. The third-order valence-corrected chi connectivity index (χ3v) is 6.02. The second-order valence-corrected chi connectivity index (χ2v) is 8.25. The maximum atomic E-state index is 10.9. The molecule has 1 aliphatic rings. The molecule has 1 saturated heterocycles. The Balaban J connectivity index is 1.56. The highest BCUT2D eigenvalue weighted by Gasteiger charge is 2.22. The van der Waals surface area contributed by atoms with Gasteiger partial charge in [-0.1, -0.05) is 13.3 Å². The summed E-state index contributed by atoms with van der Waals surface area (Å²) < 4.78 is 5.61. The highest BCUT2D eigenvalue weighted by molar-refractivity contribution is 7.11. The zero-order valence-corrected chi connectivity index (χ0v) is 16.8. The van der Waals surface area contributed by atoms with Crippen LogP contribution in [0.4, 0.5) is 5.82 Å². The lowest BCUT2D eigenvalue weighted by molar-refractivity contribution is 0.225. The number of hydrogen-bond acceptors (Lipinski definition) is 8. The van der Waals surface area contributed by atoms with Gasteiger partial charge in [0.1, 0.15) is 22.1 Å². The first-order chi connectivity index (χ1) is 13.7. The number of ether oxygens (including phenoxy) is 1. The smallest absolute Gasteiger partial charge is 0.319 e. The molecule has 150 valence electrons. The Morgan fingerprint density at radius 1 is 1.36 bits per heavy atom. The van der Waals surface area contributed by atoms with Crippen LogP contribution in [-0.4, -0.2) is 49.6 Å². The molecular weight excluding hydrogens is 376 g/mol. The molecule has 1 unspecified atom stereocenters. The van der Waals surface area contributed by atoms with Crippen molar-refractivity contribution in [2.75, 3.05) is 25.4 Å². The van der Waals surface area contributed by atoms with E-state index in [0.717, 1.165) is 42.4 Å². The van der Waals surface area contributed by atoms with Gasteiger partial charge in [-0.25, -0.2) is 4.98 Å². The summed E-state index contributed by atoms with van der Waals surface area (Å²) in [6, 6.07) is 0.241. The Morgan fingerprint density at radius 3 is 2.96 bits per heavy atom. The van der Waals surface area contributed by atoms with E-state index in [2.05, 4.69) is 31.8 Å². The Hall–Kier alpha value is -2.23. The number of nitrogens with zero attached hydrogens (tertiary/aromatic N) is 4. The number of aliphatic hydroxyl groups excluding tert-OH is 1. The molecule has 1 atom stereocenters. The zero-order chi connectivity index (χ0) is 19.5. The second-order valence-electron chi connectivity index (χ2n) is 7.10. The fourth-order valence-electron chi connectivity index (χ4n) is 3.42. The normalized spacial score (nSPS) is 16.1. The molecule has 8 nitrogen and oxygen atoms in total. The summed E-state index contributed by atoms with van der Waals surface area (Å²) in [6.45, 7) is 5.72. The second kappa shape index (κ2) is 8.42. The maximum absolute atomic E-state index is 10.9. The lowest BCUT2D eigenvalue weighted by Gasteiger charge is -2.11. The van der Waals surface area contributed by atoms with E-state index in [1.807, 2.05) is 0 Å². The molecular formula is C19H26N6O2S. The maximum Gasteiger partial charge on any atom is 0.319 e. The molecule has 9 heteroatoms. The number of aliphatic hydroxyl groups is 1. The number of nitrogen functional groups attached to an aromatic ring is 1. The van der Waals surface area contributed by atoms with Crippen LogP contribution in [0.2, 0.25) is 0 Å². The number of fused-ring (bicyclic) bond motifs is 1. The van der Waals surface area contributed by atoms with Gasteiger partial charge in [-0.2, -0.15) is 9.97 Å². The molecule has 4 heterocycles. The molecule has 0 aromatic carbocycles. The average molecular weight is 403 g/mol. The Labute approximate surface area is 167 Å². The van der Waals surface area contributed by atoms with Gasteiger partial charge in [0.15, 0.2) is 5.82 Å². The van der Waals surface area contributed by atoms with Crippen molar-refractivity contribution in [3.8, 4) is 6.01 Å². The van der Waals surface area contributed by atoms with Crippen LogP contribution >= 0.6 is 11.3 Å². The van der Waals surface area contributed by atoms with Crippen molar-refractivity contribution in [2.45, 2.75) is 45.3 Å². The van der Waals surface area contributed by atoms with E-state index in [9.17, 15) is 5.11 Å². The van der Waals surface area contributed by atoms with Gasteiger partial charge >= 0.3 is 6.01 Å². The van der Waals surface area contributed by atoms with Crippen LogP contribution < -0.4 is 10.5 Å². The van der Waals surface area contributed by atoms with Crippen molar-refractivity contribution in [2.24, 2.45) is 0 Å². The van der Waals surface area contributed by atoms with Crippen LogP contribution in [0.5, 0.6) is 6.01 Å². The van der Waals surface area contributed by atoms with Crippen LogP contribution in [0, 0.1) is 0 Å². The molecule has 0 bridgehead atoms. The van der Waals surface area contributed by atoms with Crippen LogP contribution in [0.1, 0.15) is 54.2 Å². The van der Waals surface area contributed by atoms with Gasteiger partial charge in [0.25, 0.3) is 0 Å². The molecule has 3 aromatic heterocycles. The third kappa shape index (κ3) is 3.96. The number of H-pyrrole nitrogens is 1. The van der Waals surface area contributed by atoms with Gasteiger partial charge < -0.3 is 20.6 Å². The third-order valence-electron chi connectivity index (χ3n) is 4.98. The number of unbranched alkanes of at least 4 members (excludes halogenated alkanes) is 1. The van der Waals surface area contributed by atoms with Gasteiger partial charge in [-0.15, -0.1) is 11.3 Å². The number of likely N-dealkylation sites (tertiary alicyclic amines) is 1. The predicted molar refractivity (Wildman–Crippen MR) is 109 cm³/mol. The Morgan fingerprint density at radius 2 is 2.18 bits per heavy atom. The minimum Gasteiger partial charge on any atom is -0.463 e. The fourth-order valence-corrected chi connectivity index (χ4v) is 4.38. The topological polar surface area (TPSA) is 113 Å². The molecule has 0 aliphatic carbocycles. The minimum absolute atomic E-state index is 0.241. The fraction of sp³-hybridized carbons (Fsp3) is 0.526. The van der Waals surface area contributed by atoms with E-state index in [0.29, 0.717) is 29.0 Å². The van der Waals surface area contributed by atoms with E-state index in [1.165, 1.54) is 24.2 Å². The van der Waals surface area contributed by atoms with E-state index in [4.69, 9.17) is 10.5 Å². The Kier molecular flexibility index (Phi) is 5.74. The van der Waals surface area contributed by atoms with Gasteiger partial charge in [-0.05, 0) is 32.4 Å². The van der Waals surface area contributed by atoms with Crippen molar-refractivity contribution in [1.29, 1.82) is 0 Å². The highest BCUT2D eigenvalue weighted by atomic mass is 32.1. The predicted octanol–water partition coefficient (Wildman–Crippen LogP) is 2.85. The summed E-state index contributed by atoms with van der Waals surface area (Å²) in [7, 11) is 0. The van der Waals surface area contributed by atoms with Crippen molar-refractivity contribution in [3.05, 3.63) is 27.8 Å². The number of nitrogens with one attached hydrogen (secondary N) is 1. The van der Waals surface area contributed by atoms with Crippen molar-refractivity contribution >= 4 is 28.2 Å². The van der Waals surface area contributed by atoms with Crippen LogP contribution in [0.25, 0.3) is 11.0 Å². The van der Waals surface area contributed by atoms with Crippen LogP contribution in [0.15, 0.2) is 12.4 Å². The first-order valence-corrected chi connectivity index (χ1v) is 10.6. The monoisotopic (exact) mass is 402 g/mol. The molecule has 1 fully saturated rings. The number of nitrogens with two attached hydrogens (primary N) is 1. The number of anilines is 1. The molecule has 0 amide bonds. The SMILES string of the molecule is CCCCOc1nc(N)c2[nH]cc(C(O)c3cnc(CN4CCCC4)s3)c2n1. The van der Waals surface area contributed by atoms with E-state index in [1.54, 1.807) is 12.4 Å². The first kappa shape index (κ1) is 19.1. The molecule has 0 radical (unpaired) electrons. The number of rotatable bonds is 8. The Bertz CT molecular complexity index is 934. The van der Waals surface area contributed by atoms with Crippen molar-refractivity contribution in [3.63, 3.8) is 0 Å². The standard InChI is InChI=1S/C19H26N6O2S/c1-2-3-8-27-19-23-15-12(9-22-16(15)18(20)24-19)17(26)13-10-21-14(28-13)11-25-6-4-5-7-25/h9-10,17,22,26H,2-8,11H2,1H3,(H2,20,23,24). The first-order valence-electron chi connectivity index (χ1n) is 9.78.